The van der Waals surface area contributed by atoms with Gasteiger partial charge in [-0.25, -0.2) is 4.39 Å². The van der Waals surface area contributed by atoms with Gasteiger partial charge in [-0.2, -0.15) is 0 Å². The number of rotatable bonds is 7. The number of halogens is 2. The number of carbonyl (C=O) groups excluding carboxylic acids is 2. The maximum atomic E-state index is 13.4. The molecule has 6 rings (SSSR count). The maximum Gasteiger partial charge on any atom is 0.273 e. The second-order valence-corrected chi connectivity index (χ2v) is 8.75. The summed E-state index contributed by atoms with van der Waals surface area (Å²) in [7, 11) is 0. The molecule has 152 valence electrons. The Balaban J connectivity index is 1.08. The molecule has 0 radical (unpaired) electrons. The van der Waals surface area contributed by atoms with Crippen LogP contribution in [0.25, 0.3) is 0 Å². The molecule has 4 aliphatic carbocycles. The third-order valence-corrected chi connectivity index (χ3v) is 6.12. The molecule has 7 nitrogen and oxygen atoms in total. The Morgan fingerprint density at radius 2 is 1.93 bits per heavy atom. The lowest BCUT2D eigenvalue weighted by atomic mass is 9.44. The Labute approximate surface area is 170 Å². The monoisotopic (exact) mass is 419 g/mol. The van der Waals surface area contributed by atoms with Crippen molar-refractivity contribution in [1.29, 1.82) is 0 Å². The van der Waals surface area contributed by atoms with Gasteiger partial charge in [-0.05, 0) is 44.2 Å². The number of hydrogen-bond donors (Lipinski definition) is 2. The fourth-order valence-corrected chi connectivity index (χ4v) is 4.48. The Morgan fingerprint density at radius 1 is 1.21 bits per heavy atom. The van der Waals surface area contributed by atoms with E-state index in [0.717, 1.165) is 24.7 Å². The van der Waals surface area contributed by atoms with Gasteiger partial charge in [0.2, 0.25) is 0 Å². The molecular formula is C20H19ClFN3O4. The molecule has 0 aliphatic heterocycles. The minimum Gasteiger partial charge on any atom is -0.484 e. The van der Waals surface area contributed by atoms with Crippen LogP contribution < -0.4 is 15.4 Å². The number of amides is 2. The summed E-state index contributed by atoms with van der Waals surface area (Å²) in [4.78, 5) is 24.5. The Hall–Kier alpha value is -2.61. The van der Waals surface area contributed by atoms with Crippen LogP contribution in [0.4, 0.5) is 4.39 Å². The molecule has 2 amide bonds. The van der Waals surface area contributed by atoms with E-state index in [1.165, 1.54) is 12.1 Å². The van der Waals surface area contributed by atoms with Gasteiger partial charge >= 0.3 is 0 Å². The van der Waals surface area contributed by atoms with Crippen LogP contribution >= 0.6 is 11.6 Å². The van der Waals surface area contributed by atoms with Crippen LogP contribution in [-0.4, -0.2) is 34.7 Å². The second kappa shape index (κ2) is 6.45. The van der Waals surface area contributed by atoms with E-state index in [0.29, 0.717) is 30.9 Å². The molecule has 1 aromatic heterocycles. The number of carbonyl (C=O) groups is 2. The first-order valence-corrected chi connectivity index (χ1v) is 9.91. The van der Waals surface area contributed by atoms with Crippen LogP contribution in [0.1, 0.15) is 54.3 Å². The summed E-state index contributed by atoms with van der Waals surface area (Å²) in [5, 5.41) is 9.82. The van der Waals surface area contributed by atoms with E-state index < -0.39 is 5.82 Å². The van der Waals surface area contributed by atoms with E-state index >= 15 is 0 Å². The average Bonchev–Trinajstić information content (AvgIpc) is 3.36. The van der Waals surface area contributed by atoms with Crippen LogP contribution in [0.15, 0.2) is 28.8 Å². The Kier molecular flexibility index (Phi) is 4.10. The fourth-order valence-electron chi connectivity index (χ4n) is 4.36. The first-order chi connectivity index (χ1) is 13.9. The number of ether oxygens (including phenoxy) is 1. The highest BCUT2D eigenvalue weighted by molar-refractivity contribution is 6.30. The molecule has 0 atom stereocenters. The zero-order valence-electron chi connectivity index (χ0n) is 15.5. The number of nitrogens with one attached hydrogen (secondary N) is 2. The minimum atomic E-state index is -0.599. The first kappa shape index (κ1) is 18.4. The van der Waals surface area contributed by atoms with Crippen molar-refractivity contribution in [3.8, 4) is 5.75 Å². The van der Waals surface area contributed by atoms with Crippen molar-refractivity contribution in [2.75, 3.05) is 6.61 Å². The van der Waals surface area contributed by atoms with Crippen LogP contribution in [0.2, 0.25) is 5.02 Å². The highest BCUT2D eigenvalue weighted by atomic mass is 35.5. The average molecular weight is 420 g/mol. The summed E-state index contributed by atoms with van der Waals surface area (Å²) in [5.41, 5.74) is -0.288. The molecule has 0 saturated heterocycles. The van der Waals surface area contributed by atoms with Gasteiger partial charge in [0, 0.05) is 29.1 Å². The van der Waals surface area contributed by atoms with Gasteiger partial charge in [-0.1, -0.05) is 16.8 Å². The summed E-state index contributed by atoms with van der Waals surface area (Å²) in [5.74, 6) is 0.291. The van der Waals surface area contributed by atoms with E-state index in [-0.39, 0.29) is 40.3 Å². The quantitative estimate of drug-likeness (QED) is 0.719. The van der Waals surface area contributed by atoms with Gasteiger partial charge in [-0.3, -0.25) is 9.59 Å². The molecule has 2 bridgehead atoms. The van der Waals surface area contributed by atoms with Gasteiger partial charge in [-0.15, -0.1) is 0 Å². The van der Waals surface area contributed by atoms with Crippen LogP contribution in [0, 0.1) is 5.82 Å². The topological polar surface area (TPSA) is 93.5 Å². The summed E-state index contributed by atoms with van der Waals surface area (Å²) < 4.78 is 23.9. The lowest BCUT2D eigenvalue weighted by molar-refractivity contribution is -0.141. The molecule has 4 saturated carbocycles. The van der Waals surface area contributed by atoms with Crippen molar-refractivity contribution in [2.24, 2.45) is 0 Å². The Bertz CT molecular complexity index is 984. The van der Waals surface area contributed by atoms with Crippen molar-refractivity contribution in [3.05, 3.63) is 46.6 Å². The molecule has 9 heteroatoms. The summed E-state index contributed by atoms with van der Waals surface area (Å²) in [6.07, 6.45) is 4.17. The molecule has 4 aliphatic rings. The van der Waals surface area contributed by atoms with Crippen molar-refractivity contribution >= 4 is 23.4 Å². The van der Waals surface area contributed by atoms with E-state index in [2.05, 4.69) is 15.8 Å². The minimum absolute atomic E-state index is 0.00241. The lowest BCUT2D eigenvalue weighted by Gasteiger charge is -2.70. The molecule has 29 heavy (non-hydrogen) atoms. The highest BCUT2D eigenvalue weighted by Crippen LogP contribution is 2.60. The smallest absolute Gasteiger partial charge is 0.273 e. The summed E-state index contributed by atoms with van der Waals surface area (Å²) >= 11 is 5.62. The predicted octanol–water partition coefficient (Wildman–Crippen LogP) is 2.94. The molecule has 2 aromatic rings. The van der Waals surface area contributed by atoms with E-state index in [1.54, 1.807) is 6.07 Å². The highest BCUT2D eigenvalue weighted by Gasteiger charge is 2.69. The van der Waals surface area contributed by atoms with Crippen molar-refractivity contribution in [1.82, 2.24) is 15.8 Å². The standard InChI is InChI=1S/C20H19ClFN3O4/c21-13-4-3-12(5-14(13)22)28-7-17(26)23-19-8-20(9-19,10-19)24-18(27)15-6-16(29-25-15)11-1-2-11/h3-6,11H,1-2,7-10H2,(H,23,26)(H,24,27). The third kappa shape index (κ3) is 3.46. The molecule has 4 fully saturated rings. The maximum absolute atomic E-state index is 13.4. The molecule has 0 spiro atoms. The number of nitrogens with zero attached hydrogens (tertiary/aromatic N) is 1. The van der Waals surface area contributed by atoms with Crippen LogP contribution in [0.5, 0.6) is 5.75 Å². The van der Waals surface area contributed by atoms with Gasteiger partial charge < -0.3 is 19.9 Å². The largest absolute Gasteiger partial charge is 0.484 e. The number of aromatic nitrogens is 1. The van der Waals surface area contributed by atoms with E-state index in [1.807, 2.05) is 0 Å². The molecule has 1 aromatic carbocycles. The summed E-state index contributed by atoms with van der Waals surface area (Å²) in [6, 6.07) is 5.73. The van der Waals surface area contributed by atoms with Gasteiger partial charge in [0.05, 0.1) is 5.02 Å². The zero-order chi connectivity index (χ0) is 20.2. The van der Waals surface area contributed by atoms with E-state index in [9.17, 15) is 14.0 Å². The van der Waals surface area contributed by atoms with Crippen LogP contribution in [-0.2, 0) is 4.79 Å². The Morgan fingerprint density at radius 3 is 2.62 bits per heavy atom. The van der Waals surface area contributed by atoms with Crippen molar-refractivity contribution < 1.29 is 23.2 Å². The fraction of sp³-hybridized carbons (Fsp3) is 0.450. The number of hydrogen-bond acceptors (Lipinski definition) is 5. The van der Waals surface area contributed by atoms with Gasteiger partial charge in [0.25, 0.3) is 11.8 Å². The first-order valence-electron chi connectivity index (χ1n) is 9.53. The van der Waals surface area contributed by atoms with Crippen molar-refractivity contribution in [2.45, 2.75) is 49.1 Å². The van der Waals surface area contributed by atoms with Gasteiger partial charge in [0.1, 0.15) is 17.3 Å². The molecular weight excluding hydrogens is 401 g/mol. The number of benzene rings is 1. The SMILES string of the molecule is O=C(COc1ccc(Cl)c(F)c1)NC12CC(NC(=O)c3cc(C4CC4)on3)(C1)C2. The lowest BCUT2D eigenvalue weighted by Crippen LogP contribution is -2.84. The predicted molar refractivity (Wildman–Crippen MR) is 100 cm³/mol. The van der Waals surface area contributed by atoms with Gasteiger partial charge in [0.15, 0.2) is 12.3 Å². The molecule has 1 heterocycles. The zero-order valence-corrected chi connectivity index (χ0v) is 16.2. The molecule has 0 unspecified atom stereocenters. The normalized spacial score (nSPS) is 26.8. The van der Waals surface area contributed by atoms with Crippen molar-refractivity contribution in [3.63, 3.8) is 0 Å². The second-order valence-electron chi connectivity index (χ2n) is 8.35. The molecule has 2 N–H and O–H groups in total. The van der Waals surface area contributed by atoms with E-state index in [4.69, 9.17) is 20.9 Å². The third-order valence-electron chi connectivity index (χ3n) is 5.82. The summed E-state index contributed by atoms with van der Waals surface area (Å²) in [6.45, 7) is -0.217. The van der Waals surface area contributed by atoms with Crippen LogP contribution in [0.3, 0.4) is 0 Å².